The molecular formula is C19H25N5O3. The van der Waals surface area contributed by atoms with Crippen molar-refractivity contribution in [1.29, 1.82) is 0 Å². The monoisotopic (exact) mass is 371 g/mol. The lowest BCUT2D eigenvalue weighted by molar-refractivity contribution is 0.0523. The van der Waals surface area contributed by atoms with Gasteiger partial charge in [0.1, 0.15) is 5.60 Å². The molecule has 1 heterocycles. The zero-order valence-corrected chi connectivity index (χ0v) is 16.2. The van der Waals surface area contributed by atoms with Gasteiger partial charge in [-0.3, -0.25) is 15.6 Å². The maximum atomic E-state index is 12.2. The molecule has 0 fully saturated rings. The van der Waals surface area contributed by atoms with Crippen molar-refractivity contribution < 1.29 is 14.3 Å². The molecule has 0 radical (unpaired) electrons. The Kier molecular flexibility index (Phi) is 6.33. The summed E-state index contributed by atoms with van der Waals surface area (Å²) in [6.45, 7) is 9.42. The van der Waals surface area contributed by atoms with Crippen LogP contribution < -0.4 is 16.2 Å². The summed E-state index contributed by atoms with van der Waals surface area (Å²) in [5.74, 6) is 0.0171. The van der Waals surface area contributed by atoms with Crippen LogP contribution in [0.5, 0.6) is 0 Å². The van der Waals surface area contributed by atoms with E-state index < -0.39 is 11.7 Å². The molecular weight excluding hydrogens is 346 g/mol. The molecule has 1 aromatic carbocycles. The minimum Gasteiger partial charge on any atom is -0.444 e. The van der Waals surface area contributed by atoms with Crippen LogP contribution in [0.1, 0.15) is 48.1 Å². The number of ether oxygens (including phenoxy) is 1. The number of carbonyl (C=O) groups is 2. The average Bonchev–Trinajstić information content (AvgIpc) is 2.56. The standard InChI is InChI=1S/C19H25N5O3/c1-12-10-13(2)22-17(21-12)24-23-16(25)15-8-6-14(7-9-15)11-20-18(26)27-19(3,4)5/h6-10H,11H2,1-5H3,(H,20,26)(H,23,25)(H,21,22,24). The lowest BCUT2D eigenvalue weighted by Gasteiger charge is -2.19. The van der Waals surface area contributed by atoms with Crippen molar-refractivity contribution in [2.24, 2.45) is 0 Å². The Morgan fingerprint density at radius 1 is 1.04 bits per heavy atom. The number of anilines is 1. The molecule has 2 aromatic rings. The van der Waals surface area contributed by atoms with Gasteiger partial charge in [-0.15, -0.1) is 0 Å². The molecule has 2 amide bonds. The third kappa shape index (κ3) is 6.93. The average molecular weight is 371 g/mol. The first kappa shape index (κ1) is 20.2. The highest BCUT2D eigenvalue weighted by Crippen LogP contribution is 2.08. The van der Waals surface area contributed by atoms with Crippen molar-refractivity contribution >= 4 is 17.9 Å². The van der Waals surface area contributed by atoms with E-state index in [1.807, 2.05) is 19.9 Å². The van der Waals surface area contributed by atoms with Crippen LogP contribution in [0, 0.1) is 13.8 Å². The predicted octanol–water partition coefficient (Wildman–Crippen LogP) is 2.88. The second-order valence-corrected chi connectivity index (χ2v) is 7.11. The van der Waals surface area contributed by atoms with E-state index >= 15 is 0 Å². The number of amides is 2. The van der Waals surface area contributed by atoms with E-state index in [-0.39, 0.29) is 5.91 Å². The zero-order valence-electron chi connectivity index (χ0n) is 16.2. The van der Waals surface area contributed by atoms with Crippen LogP contribution in [0.3, 0.4) is 0 Å². The van der Waals surface area contributed by atoms with Gasteiger partial charge in [0.2, 0.25) is 5.95 Å². The maximum absolute atomic E-state index is 12.2. The number of nitrogens with zero attached hydrogens (tertiary/aromatic N) is 2. The van der Waals surface area contributed by atoms with Crippen molar-refractivity contribution in [2.45, 2.75) is 46.8 Å². The first-order valence-electron chi connectivity index (χ1n) is 8.57. The summed E-state index contributed by atoms with van der Waals surface area (Å²) in [6, 6.07) is 8.72. The third-order valence-electron chi connectivity index (χ3n) is 3.32. The summed E-state index contributed by atoms with van der Waals surface area (Å²) in [6.07, 6.45) is -0.484. The highest BCUT2D eigenvalue weighted by atomic mass is 16.6. The summed E-state index contributed by atoms with van der Waals surface area (Å²) in [5.41, 5.74) is 7.65. The number of hydrogen-bond acceptors (Lipinski definition) is 6. The van der Waals surface area contributed by atoms with Gasteiger partial charge in [0.15, 0.2) is 0 Å². The molecule has 0 aliphatic carbocycles. The molecule has 0 saturated carbocycles. The van der Waals surface area contributed by atoms with Crippen LogP contribution in [0.2, 0.25) is 0 Å². The molecule has 27 heavy (non-hydrogen) atoms. The fourth-order valence-corrected chi connectivity index (χ4v) is 2.23. The molecule has 8 nitrogen and oxygen atoms in total. The Morgan fingerprint density at radius 2 is 1.63 bits per heavy atom. The highest BCUT2D eigenvalue weighted by molar-refractivity contribution is 5.94. The molecule has 0 atom stereocenters. The van der Waals surface area contributed by atoms with Crippen molar-refractivity contribution in [3.8, 4) is 0 Å². The molecule has 0 bridgehead atoms. The molecule has 0 saturated heterocycles. The fourth-order valence-electron chi connectivity index (χ4n) is 2.23. The van der Waals surface area contributed by atoms with Gasteiger partial charge in [-0.2, -0.15) is 0 Å². The van der Waals surface area contributed by atoms with Crippen LogP contribution in [-0.2, 0) is 11.3 Å². The zero-order chi connectivity index (χ0) is 20.0. The van der Waals surface area contributed by atoms with Crippen LogP contribution in [0.15, 0.2) is 30.3 Å². The molecule has 1 aromatic heterocycles. The highest BCUT2D eigenvalue weighted by Gasteiger charge is 2.15. The Labute approximate surface area is 158 Å². The van der Waals surface area contributed by atoms with E-state index in [2.05, 4.69) is 26.1 Å². The molecule has 0 unspecified atom stereocenters. The number of alkyl carbamates (subject to hydrolysis) is 1. The van der Waals surface area contributed by atoms with Crippen molar-refractivity contribution in [2.75, 3.05) is 5.43 Å². The van der Waals surface area contributed by atoms with Crippen molar-refractivity contribution in [3.63, 3.8) is 0 Å². The number of aromatic nitrogens is 2. The van der Waals surface area contributed by atoms with Gasteiger partial charge in [0, 0.05) is 23.5 Å². The Bertz CT molecular complexity index is 793. The quantitative estimate of drug-likeness (QED) is 0.698. The number of aryl methyl sites for hydroxylation is 2. The molecule has 3 N–H and O–H groups in total. The summed E-state index contributed by atoms with van der Waals surface area (Å²) in [4.78, 5) is 32.2. The van der Waals surface area contributed by atoms with Gasteiger partial charge < -0.3 is 10.1 Å². The molecule has 144 valence electrons. The van der Waals surface area contributed by atoms with Crippen LogP contribution in [0.25, 0.3) is 0 Å². The number of hydrazine groups is 1. The Morgan fingerprint density at radius 3 is 2.19 bits per heavy atom. The summed E-state index contributed by atoms with van der Waals surface area (Å²) in [7, 11) is 0. The van der Waals surface area contributed by atoms with Crippen LogP contribution in [0.4, 0.5) is 10.7 Å². The SMILES string of the molecule is Cc1cc(C)nc(NNC(=O)c2ccc(CNC(=O)OC(C)(C)C)cc2)n1. The number of nitrogens with one attached hydrogen (secondary N) is 3. The van der Waals surface area contributed by atoms with E-state index in [9.17, 15) is 9.59 Å². The van der Waals surface area contributed by atoms with Gasteiger partial charge in [-0.05, 0) is 58.4 Å². The lowest BCUT2D eigenvalue weighted by Crippen LogP contribution is -2.32. The second-order valence-electron chi connectivity index (χ2n) is 7.11. The van der Waals surface area contributed by atoms with Gasteiger partial charge >= 0.3 is 6.09 Å². The second kappa shape index (κ2) is 8.48. The minimum absolute atomic E-state index is 0.311. The normalized spacial score (nSPS) is 10.9. The smallest absolute Gasteiger partial charge is 0.407 e. The minimum atomic E-state index is -0.543. The van der Waals surface area contributed by atoms with Gasteiger partial charge in [-0.25, -0.2) is 14.8 Å². The van der Waals surface area contributed by atoms with Crippen molar-refractivity contribution in [1.82, 2.24) is 20.7 Å². The van der Waals surface area contributed by atoms with Crippen LogP contribution in [-0.4, -0.2) is 27.6 Å². The number of hydrogen-bond donors (Lipinski definition) is 3. The van der Waals surface area contributed by atoms with Crippen LogP contribution >= 0.6 is 0 Å². The van der Waals surface area contributed by atoms with E-state index in [0.717, 1.165) is 17.0 Å². The first-order valence-corrected chi connectivity index (χ1v) is 8.57. The molecule has 0 aliphatic rings. The number of rotatable bonds is 5. The van der Waals surface area contributed by atoms with E-state index in [1.165, 1.54) is 0 Å². The van der Waals surface area contributed by atoms with Crippen molar-refractivity contribution in [3.05, 3.63) is 52.8 Å². The topological polar surface area (TPSA) is 105 Å². The molecule has 8 heteroatoms. The molecule has 2 rings (SSSR count). The number of carbonyl (C=O) groups excluding carboxylic acids is 2. The fraction of sp³-hybridized carbons (Fsp3) is 0.368. The lowest BCUT2D eigenvalue weighted by atomic mass is 10.1. The summed E-state index contributed by atoms with van der Waals surface area (Å²) >= 11 is 0. The van der Waals surface area contributed by atoms with E-state index in [4.69, 9.17) is 4.74 Å². The van der Waals surface area contributed by atoms with Gasteiger partial charge in [-0.1, -0.05) is 12.1 Å². The number of benzene rings is 1. The Balaban J connectivity index is 1.86. The Hall–Kier alpha value is -3.16. The van der Waals surface area contributed by atoms with E-state index in [1.54, 1.807) is 45.0 Å². The maximum Gasteiger partial charge on any atom is 0.407 e. The first-order chi connectivity index (χ1) is 12.6. The molecule has 0 spiro atoms. The largest absolute Gasteiger partial charge is 0.444 e. The molecule has 0 aliphatic heterocycles. The summed E-state index contributed by atoms with van der Waals surface area (Å²) < 4.78 is 5.18. The summed E-state index contributed by atoms with van der Waals surface area (Å²) in [5, 5.41) is 2.67. The predicted molar refractivity (Wildman–Crippen MR) is 102 cm³/mol. The van der Waals surface area contributed by atoms with Gasteiger partial charge in [0.05, 0.1) is 0 Å². The van der Waals surface area contributed by atoms with E-state index in [0.29, 0.717) is 18.1 Å². The third-order valence-corrected chi connectivity index (χ3v) is 3.32. The van der Waals surface area contributed by atoms with Gasteiger partial charge in [0.25, 0.3) is 5.91 Å².